The lowest BCUT2D eigenvalue weighted by Gasteiger charge is -2.26. The Morgan fingerprint density at radius 3 is 2.19 bits per heavy atom. The molecule has 2 aromatic carbocycles. The number of hydrogen-bond acceptors (Lipinski definition) is 3. The quantitative estimate of drug-likeness (QED) is 0.832. The van der Waals surface area contributed by atoms with Gasteiger partial charge >= 0.3 is 0 Å². The number of benzene rings is 2. The molecule has 26 heavy (non-hydrogen) atoms. The number of carbonyl (C=O) groups is 2. The van der Waals surface area contributed by atoms with Crippen molar-refractivity contribution in [2.24, 2.45) is 0 Å². The van der Waals surface area contributed by atoms with Crippen molar-refractivity contribution in [2.75, 3.05) is 25.5 Å². The van der Waals surface area contributed by atoms with Gasteiger partial charge in [0.05, 0.1) is 6.54 Å². The highest BCUT2D eigenvalue weighted by Gasteiger charge is 2.19. The van der Waals surface area contributed by atoms with Crippen molar-refractivity contribution >= 4 is 17.5 Å². The van der Waals surface area contributed by atoms with Crippen molar-refractivity contribution in [3.63, 3.8) is 0 Å². The number of carbonyl (C=O) groups excluding carboxylic acids is 2. The van der Waals surface area contributed by atoms with Crippen LogP contribution in [0, 0.1) is 6.92 Å². The molecule has 5 nitrogen and oxygen atoms in total. The van der Waals surface area contributed by atoms with E-state index in [9.17, 15) is 9.59 Å². The van der Waals surface area contributed by atoms with Crippen LogP contribution in [0.4, 0.5) is 5.69 Å². The van der Waals surface area contributed by atoms with E-state index < -0.39 is 6.04 Å². The van der Waals surface area contributed by atoms with Crippen molar-refractivity contribution < 1.29 is 9.59 Å². The average Bonchev–Trinajstić information content (AvgIpc) is 2.61. The predicted molar refractivity (Wildman–Crippen MR) is 105 cm³/mol. The van der Waals surface area contributed by atoms with Gasteiger partial charge in [0.2, 0.25) is 11.8 Å². The highest BCUT2D eigenvalue weighted by Crippen LogP contribution is 2.18. The Morgan fingerprint density at radius 1 is 1.00 bits per heavy atom. The van der Waals surface area contributed by atoms with Crippen LogP contribution in [0.1, 0.15) is 18.1 Å². The van der Waals surface area contributed by atoms with Crippen LogP contribution >= 0.6 is 0 Å². The SMILES string of the molecule is Cc1ccc(N(CC(=O)NC(C)C(=O)N(C)C)Cc2ccccc2)cc1. The standard InChI is InChI=1S/C21H27N3O2/c1-16-10-12-19(13-11-16)24(14-18-8-6-5-7-9-18)15-20(25)22-17(2)21(26)23(3)4/h5-13,17H,14-15H2,1-4H3,(H,22,25). The first-order valence-corrected chi connectivity index (χ1v) is 8.73. The predicted octanol–water partition coefficient (Wildman–Crippen LogP) is 2.59. The zero-order valence-electron chi connectivity index (χ0n) is 15.9. The molecule has 138 valence electrons. The van der Waals surface area contributed by atoms with Gasteiger partial charge in [0.25, 0.3) is 0 Å². The molecular formula is C21H27N3O2. The Morgan fingerprint density at radius 2 is 1.62 bits per heavy atom. The van der Waals surface area contributed by atoms with Gasteiger partial charge in [-0.25, -0.2) is 0 Å². The second-order valence-electron chi connectivity index (χ2n) is 6.70. The zero-order valence-corrected chi connectivity index (χ0v) is 15.9. The van der Waals surface area contributed by atoms with E-state index in [0.29, 0.717) is 6.54 Å². The van der Waals surface area contributed by atoms with Crippen LogP contribution in [0.5, 0.6) is 0 Å². The molecular weight excluding hydrogens is 326 g/mol. The summed E-state index contributed by atoms with van der Waals surface area (Å²) < 4.78 is 0. The summed E-state index contributed by atoms with van der Waals surface area (Å²) in [5.41, 5.74) is 3.27. The normalized spacial score (nSPS) is 11.5. The van der Waals surface area contributed by atoms with Crippen molar-refractivity contribution in [3.8, 4) is 0 Å². The number of hydrogen-bond donors (Lipinski definition) is 1. The Labute approximate surface area is 155 Å². The Kier molecular flexibility index (Phi) is 6.78. The van der Waals surface area contributed by atoms with Gasteiger partial charge in [-0.05, 0) is 31.5 Å². The fourth-order valence-corrected chi connectivity index (χ4v) is 2.71. The van der Waals surface area contributed by atoms with Gasteiger partial charge in [-0.2, -0.15) is 0 Å². The third kappa shape index (κ3) is 5.62. The van der Waals surface area contributed by atoms with Crippen LogP contribution < -0.4 is 10.2 Å². The number of anilines is 1. The maximum atomic E-state index is 12.5. The van der Waals surface area contributed by atoms with Gasteiger partial charge in [0.1, 0.15) is 6.04 Å². The molecule has 1 unspecified atom stereocenters. The summed E-state index contributed by atoms with van der Waals surface area (Å²) in [6.07, 6.45) is 0. The van der Waals surface area contributed by atoms with Crippen molar-refractivity contribution in [3.05, 3.63) is 65.7 Å². The summed E-state index contributed by atoms with van der Waals surface area (Å²) in [6.45, 7) is 4.54. The maximum Gasteiger partial charge on any atom is 0.244 e. The Hall–Kier alpha value is -2.82. The lowest BCUT2D eigenvalue weighted by atomic mass is 10.1. The van der Waals surface area contributed by atoms with E-state index in [1.54, 1.807) is 21.0 Å². The van der Waals surface area contributed by atoms with Gasteiger partial charge in [-0.15, -0.1) is 0 Å². The minimum Gasteiger partial charge on any atom is -0.358 e. The first-order chi connectivity index (χ1) is 12.4. The van der Waals surface area contributed by atoms with E-state index >= 15 is 0 Å². The topological polar surface area (TPSA) is 52.7 Å². The summed E-state index contributed by atoms with van der Waals surface area (Å²) >= 11 is 0. The fraction of sp³-hybridized carbons (Fsp3) is 0.333. The minimum atomic E-state index is -0.547. The van der Waals surface area contributed by atoms with E-state index in [1.807, 2.05) is 66.4 Å². The molecule has 0 heterocycles. The van der Waals surface area contributed by atoms with Crippen LogP contribution in [0.2, 0.25) is 0 Å². The third-order valence-electron chi connectivity index (χ3n) is 4.14. The van der Waals surface area contributed by atoms with Gasteiger partial charge in [-0.3, -0.25) is 9.59 Å². The molecule has 2 rings (SSSR count). The molecule has 2 aromatic rings. The minimum absolute atomic E-state index is 0.122. The summed E-state index contributed by atoms with van der Waals surface area (Å²) in [5.74, 6) is -0.299. The van der Waals surface area contributed by atoms with Gasteiger partial charge < -0.3 is 15.1 Å². The molecule has 0 bridgehead atoms. The summed E-state index contributed by atoms with van der Waals surface area (Å²) in [4.78, 5) is 27.9. The second-order valence-corrected chi connectivity index (χ2v) is 6.70. The largest absolute Gasteiger partial charge is 0.358 e. The summed E-state index contributed by atoms with van der Waals surface area (Å²) in [7, 11) is 3.36. The van der Waals surface area contributed by atoms with Crippen molar-refractivity contribution in [1.29, 1.82) is 0 Å². The molecule has 0 aromatic heterocycles. The van der Waals surface area contributed by atoms with Crippen molar-refractivity contribution in [2.45, 2.75) is 26.4 Å². The number of rotatable bonds is 7. The lowest BCUT2D eigenvalue weighted by molar-refractivity contribution is -0.133. The monoisotopic (exact) mass is 353 g/mol. The number of nitrogens with zero attached hydrogens (tertiary/aromatic N) is 2. The lowest BCUT2D eigenvalue weighted by Crippen LogP contribution is -2.47. The molecule has 2 amide bonds. The van der Waals surface area contributed by atoms with Crippen LogP contribution in [0.15, 0.2) is 54.6 Å². The second kappa shape index (κ2) is 9.04. The first kappa shape index (κ1) is 19.5. The molecule has 0 saturated carbocycles. The smallest absolute Gasteiger partial charge is 0.244 e. The van der Waals surface area contributed by atoms with Crippen LogP contribution in [0.25, 0.3) is 0 Å². The maximum absolute atomic E-state index is 12.5. The van der Waals surface area contributed by atoms with E-state index in [4.69, 9.17) is 0 Å². The highest BCUT2D eigenvalue weighted by molar-refractivity contribution is 5.89. The first-order valence-electron chi connectivity index (χ1n) is 8.73. The molecule has 1 atom stereocenters. The average molecular weight is 353 g/mol. The van der Waals surface area contributed by atoms with E-state index in [1.165, 1.54) is 10.5 Å². The van der Waals surface area contributed by atoms with E-state index in [-0.39, 0.29) is 18.4 Å². The van der Waals surface area contributed by atoms with Gasteiger partial charge in [0, 0.05) is 26.3 Å². The number of nitrogens with one attached hydrogen (secondary N) is 1. The van der Waals surface area contributed by atoms with Crippen LogP contribution in [-0.2, 0) is 16.1 Å². The molecule has 0 aliphatic rings. The third-order valence-corrected chi connectivity index (χ3v) is 4.14. The molecule has 0 aliphatic carbocycles. The molecule has 0 aliphatic heterocycles. The Bertz CT molecular complexity index is 727. The zero-order chi connectivity index (χ0) is 19.1. The highest BCUT2D eigenvalue weighted by atomic mass is 16.2. The van der Waals surface area contributed by atoms with Crippen molar-refractivity contribution in [1.82, 2.24) is 10.2 Å². The Balaban J connectivity index is 2.12. The number of aryl methyl sites for hydroxylation is 1. The van der Waals surface area contributed by atoms with Gasteiger partial charge in [-0.1, -0.05) is 48.0 Å². The molecule has 1 N–H and O–H groups in total. The number of amides is 2. The molecule has 0 fully saturated rings. The molecule has 5 heteroatoms. The van der Waals surface area contributed by atoms with Crippen LogP contribution in [0.3, 0.4) is 0 Å². The van der Waals surface area contributed by atoms with Crippen LogP contribution in [-0.4, -0.2) is 43.4 Å². The van der Waals surface area contributed by atoms with E-state index in [0.717, 1.165) is 11.3 Å². The van der Waals surface area contributed by atoms with Gasteiger partial charge in [0.15, 0.2) is 0 Å². The summed E-state index contributed by atoms with van der Waals surface area (Å²) in [6, 6.07) is 17.6. The number of likely N-dealkylation sites (N-methyl/N-ethyl adjacent to an activating group) is 1. The molecule has 0 saturated heterocycles. The summed E-state index contributed by atoms with van der Waals surface area (Å²) in [5, 5.41) is 2.79. The molecule has 0 spiro atoms. The molecule has 0 radical (unpaired) electrons. The van der Waals surface area contributed by atoms with E-state index in [2.05, 4.69) is 5.32 Å². The fourth-order valence-electron chi connectivity index (χ4n) is 2.71.